The van der Waals surface area contributed by atoms with Crippen LogP contribution in [-0.2, 0) is 4.74 Å². The van der Waals surface area contributed by atoms with Crippen LogP contribution in [0, 0.1) is 5.82 Å². The zero-order valence-corrected chi connectivity index (χ0v) is 26.4. The van der Waals surface area contributed by atoms with Crippen LogP contribution in [-0.4, -0.2) is 92.6 Å². The summed E-state index contributed by atoms with van der Waals surface area (Å²) in [5.74, 6) is -0.441. The Hall–Kier alpha value is -3.04. The Morgan fingerprint density at radius 3 is 2.43 bits per heavy atom. The van der Waals surface area contributed by atoms with Gasteiger partial charge in [-0.25, -0.2) is 0 Å². The third kappa shape index (κ3) is 7.29. The van der Waals surface area contributed by atoms with Gasteiger partial charge in [0.15, 0.2) is 0 Å². The maximum absolute atomic E-state index is 15.9. The third-order valence-electron chi connectivity index (χ3n) is 7.79. The van der Waals surface area contributed by atoms with Crippen molar-refractivity contribution < 1.29 is 27.5 Å². The number of alkyl halides is 2. The van der Waals surface area contributed by atoms with Crippen LogP contribution >= 0.6 is 0 Å². The minimum absolute atomic E-state index is 0.169. The molecule has 8 nitrogen and oxygen atoms in total. The summed E-state index contributed by atoms with van der Waals surface area (Å²) in [6.45, 7) is 9.72. The number of H-pyrrole nitrogens is 1. The van der Waals surface area contributed by atoms with E-state index >= 15 is 4.39 Å². The summed E-state index contributed by atoms with van der Waals surface area (Å²) in [4.78, 5) is 45.9. The van der Waals surface area contributed by atoms with Crippen molar-refractivity contribution in [2.45, 2.75) is 65.1 Å². The van der Waals surface area contributed by atoms with Gasteiger partial charge in [0.2, 0.25) is 0 Å². The molecule has 0 saturated carbocycles. The zero-order valence-electron chi connectivity index (χ0n) is 24.5. The first-order valence-corrected chi connectivity index (χ1v) is 16.0. The number of rotatable bonds is 7. The van der Waals surface area contributed by atoms with Crippen LogP contribution < -0.4 is 14.8 Å². The Morgan fingerprint density at radius 1 is 1.10 bits per heavy atom. The molecule has 1 amide bonds. The first-order chi connectivity index (χ1) is 19.8. The van der Waals surface area contributed by atoms with Crippen LogP contribution in [0.3, 0.4) is 0 Å². The van der Waals surface area contributed by atoms with E-state index in [4.69, 9.17) is 4.74 Å². The van der Waals surface area contributed by atoms with Gasteiger partial charge < -0.3 is 0 Å². The van der Waals surface area contributed by atoms with Gasteiger partial charge >= 0.3 is 251 Å². The van der Waals surface area contributed by atoms with Crippen molar-refractivity contribution in [2.24, 2.45) is 0 Å². The number of piperazine rings is 1. The molecule has 0 aliphatic carbocycles. The van der Waals surface area contributed by atoms with Crippen LogP contribution in [0.4, 0.5) is 23.7 Å². The number of halogens is 3. The van der Waals surface area contributed by atoms with Crippen molar-refractivity contribution in [1.29, 1.82) is 0 Å². The van der Waals surface area contributed by atoms with Gasteiger partial charge in [0.05, 0.1) is 0 Å². The molecule has 1 radical (unpaired) electrons. The molecule has 0 unspecified atom stereocenters. The SMILES string of the molecule is CC(C)OC(=O)N1CCC=C(c2cc([As]C(=O)c3c[nH]c(=O)cc3C(F)F)c(N3C[C@@H](C)N(C)[C@@H](C)C3)cc2F)CC1. The number of hydrogen-bond donors (Lipinski definition) is 1. The van der Waals surface area contributed by atoms with Crippen LogP contribution in [0.25, 0.3) is 5.57 Å². The Balaban J connectivity index is 1.71. The van der Waals surface area contributed by atoms with E-state index in [9.17, 15) is 23.2 Å². The molecular weight excluding hydrogens is 612 g/mol. The van der Waals surface area contributed by atoms with Crippen molar-refractivity contribution in [3.05, 3.63) is 63.3 Å². The van der Waals surface area contributed by atoms with Gasteiger partial charge in [-0.1, -0.05) is 0 Å². The number of carbonyl (C=O) groups excluding carboxylic acids is 2. The van der Waals surface area contributed by atoms with Gasteiger partial charge in [-0.3, -0.25) is 0 Å². The Bertz CT molecular complexity index is 1400. The zero-order chi connectivity index (χ0) is 30.7. The molecule has 1 saturated heterocycles. The van der Waals surface area contributed by atoms with Crippen LogP contribution in [0.5, 0.6) is 0 Å². The maximum atomic E-state index is 15.9. The van der Waals surface area contributed by atoms with E-state index < -0.39 is 49.8 Å². The van der Waals surface area contributed by atoms with E-state index in [1.165, 1.54) is 6.07 Å². The fourth-order valence-electron chi connectivity index (χ4n) is 5.33. The number of benzene rings is 1. The first kappa shape index (κ1) is 31.9. The van der Waals surface area contributed by atoms with Gasteiger partial charge in [0.25, 0.3) is 0 Å². The molecule has 2 aromatic rings. The summed E-state index contributed by atoms with van der Waals surface area (Å²) in [7, 11) is 2.04. The van der Waals surface area contributed by atoms with Gasteiger partial charge in [-0.2, -0.15) is 0 Å². The molecular formula is C30H37AsF3N4O4. The van der Waals surface area contributed by atoms with E-state index in [-0.39, 0.29) is 23.8 Å². The monoisotopic (exact) mass is 649 g/mol. The average Bonchev–Trinajstić information content (AvgIpc) is 3.18. The number of carbonyl (C=O) groups is 2. The summed E-state index contributed by atoms with van der Waals surface area (Å²) in [5.41, 5.74) is 0.0813. The number of hydrogen-bond acceptors (Lipinski definition) is 6. The van der Waals surface area contributed by atoms with E-state index in [1.54, 1.807) is 24.8 Å². The van der Waals surface area contributed by atoms with E-state index in [2.05, 4.69) is 28.6 Å². The molecule has 4 rings (SSSR count). The molecule has 1 aromatic heterocycles. The standard InChI is InChI=1S/C30H37AsF3N4O4/c1-17(2)42-30(41)37-9-6-7-20(8-10-37)21-11-24(31-28(40)23-14-35-27(39)12-22(23)29(33)34)26(13-25(21)32)38-15-18(3)36(5)19(4)16-38/h7,11-14,17-19,29H,6,8-10,15-16H2,1-5H3,(H,35,39)/t18-,19+. The molecule has 2 atom stereocenters. The topological polar surface area (TPSA) is 85.9 Å². The number of nitrogens with one attached hydrogen (secondary N) is 1. The molecule has 1 aromatic carbocycles. The quantitative estimate of drug-likeness (QED) is 0.454. The number of ether oxygens (including phenoxy) is 1. The fourth-order valence-corrected chi connectivity index (χ4v) is 7.53. The molecule has 3 heterocycles. The first-order valence-electron chi connectivity index (χ1n) is 14.1. The average molecular weight is 650 g/mol. The van der Waals surface area contributed by atoms with Crippen LogP contribution in [0.2, 0.25) is 0 Å². The van der Waals surface area contributed by atoms with E-state index in [0.717, 1.165) is 12.3 Å². The Labute approximate surface area is 250 Å². The predicted molar refractivity (Wildman–Crippen MR) is 157 cm³/mol. The van der Waals surface area contributed by atoms with Gasteiger partial charge in [-0.05, 0) is 0 Å². The number of nitrogens with zero attached hydrogens (tertiary/aromatic N) is 3. The molecule has 227 valence electrons. The van der Waals surface area contributed by atoms with Crippen molar-refractivity contribution in [3.63, 3.8) is 0 Å². The third-order valence-corrected chi connectivity index (χ3v) is 9.98. The second kappa shape index (κ2) is 13.5. The number of aromatic nitrogens is 1. The van der Waals surface area contributed by atoms with Crippen molar-refractivity contribution in [3.8, 4) is 0 Å². The second-order valence-corrected chi connectivity index (χ2v) is 13.5. The Kier molecular flexibility index (Phi) is 10.3. The fraction of sp³-hybridized carbons (Fsp3) is 0.500. The van der Waals surface area contributed by atoms with Gasteiger partial charge in [0.1, 0.15) is 0 Å². The van der Waals surface area contributed by atoms with E-state index in [0.29, 0.717) is 60.2 Å². The summed E-state index contributed by atoms with van der Waals surface area (Å²) >= 11 is -1.38. The van der Waals surface area contributed by atoms with Crippen LogP contribution in [0.15, 0.2) is 35.3 Å². The summed E-state index contributed by atoms with van der Waals surface area (Å²) in [6, 6.07) is 4.23. The van der Waals surface area contributed by atoms with Crippen LogP contribution in [0.1, 0.15) is 68.4 Å². The summed E-state index contributed by atoms with van der Waals surface area (Å²) in [5, 5.41) is 0. The molecule has 2 aliphatic heterocycles. The predicted octanol–water partition coefficient (Wildman–Crippen LogP) is 4.17. The van der Waals surface area contributed by atoms with Gasteiger partial charge in [0, 0.05) is 0 Å². The molecule has 2 aliphatic rings. The molecule has 0 spiro atoms. The number of amides is 1. The summed E-state index contributed by atoms with van der Waals surface area (Å²) in [6.07, 6.45) is 0.191. The number of likely N-dealkylation sites (N-methyl/N-ethyl adjacent to an activating group) is 1. The summed E-state index contributed by atoms with van der Waals surface area (Å²) < 4.78 is 48.8. The van der Waals surface area contributed by atoms with Gasteiger partial charge in [-0.15, -0.1) is 0 Å². The Morgan fingerprint density at radius 2 is 1.79 bits per heavy atom. The normalized spacial score (nSPS) is 20.4. The van der Waals surface area contributed by atoms with Crippen molar-refractivity contribution in [2.75, 3.05) is 38.1 Å². The van der Waals surface area contributed by atoms with E-state index in [1.807, 2.05) is 13.1 Å². The molecule has 1 N–H and O–H groups in total. The number of anilines is 1. The molecule has 42 heavy (non-hydrogen) atoms. The number of aromatic amines is 1. The number of pyridine rings is 1. The molecule has 0 bridgehead atoms. The van der Waals surface area contributed by atoms with Crippen molar-refractivity contribution in [1.82, 2.24) is 14.8 Å². The molecule has 1 fully saturated rings. The molecule has 12 heteroatoms. The van der Waals surface area contributed by atoms with Crippen molar-refractivity contribution >= 4 is 42.0 Å². The minimum atomic E-state index is -2.99. The second-order valence-electron chi connectivity index (χ2n) is 11.2.